The van der Waals surface area contributed by atoms with Crippen LogP contribution in [0.3, 0.4) is 0 Å². The molecule has 1 amide bonds. The Kier molecular flexibility index (Phi) is 9.53. The van der Waals surface area contributed by atoms with Crippen LogP contribution in [0.5, 0.6) is 0 Å². The predicted octanol–water partition coefficient (Wildman–Crippen LogP) is 3.05. The van der Waals surface area contributed by atoms with E-state index in [1.54, 1.807) is 18.0 Å². The van der Waals surface area contributed by atoms with Crippen molar-refractivity contribution in [1.29, 1.82) is 0 Å². The molecule has 0 aliphatic carbocycles. The number of nitrogens with zero attached hydrogens (tertiary/aromatic N) is 2. The molecule has 10 heteroatoms. The second-order valence-electron chi connectivity index (χ2n) is 7.19. The second kappa shape index (κ2) is 11.9. The highest BCUT2D eigenvalue weighted by Gasteiger charge is 2.27. The molecule has 1 aliphatic heterocycles. The Balaban J connectivity index is 0.00000341. The van der Waals surface area contributed by atoms with E-state index in [0.717, 1.165) is 12.0 Å². The highest BCUT2D eigenvalue weighted by molar-refractivity contribution is 14.0. The summed E-state index contributed by atoms with van der Waals surface area (Å²) in [5.74, 6) is -0.386. The average Bonchev–Trinajstić information content (AvgIpc) is 3.35. The first kappa shape index (κ1) is 24.9. The fraction of sp³-hybridized carbons (Fsp3) is 0.429. The summed E-state index contributed by atoms with van der Waals surface area (Å²) < 4.78 is 33.1. The van der Waals surface area contributed by atoms with Gasteiger partial charge < -0.3 is 25.3 Å². The third kappa shape index (κ3) is 6.55. The van der Waals surface area contributed by atoms with Crippen LogP contribution in [0.4, 0.5) is 14.5 Å². The van der Waals surface area contributed by atoms with Gasteiger partial charge in [-0.2, -0.15) is 0 Å². The van der Waals surface area contributed by atoms with Crippen LogP contribution in [0.25, 0.3) is 0 Å². The van der Waals surface area contributed by atoms with Gasteiger partial charge in [-0.25, -0.2) is 8.78 Å². The van der Waals surface area contributed by atoms with E-state index in [-0.39, 0.29) is 41.6 Å². The van der Waals surface area contributed by atoms with E-state index >= 15 is 0 Å². The summed E-state index contributed by atoms with van der Waals surface area (Å²) in [6, 6.07) is 5.68. The van der Waals surface area contributed by atoms with Crippen LogP contribution in [-0.2, 0) is 0 Å². The molecule has 31 heavy (non-hydrogen) atoms. The van der Waals surface area contributed by atoms with Gasteiger partial charge in [0.15, 0.2) is 11.7 Å². The Labute approximate surface area is 197 Å². The van der Waals surface area contributed by atoms with Gasteiger partial charge in [0.1, 0.15) is 17.3 Å². The molecule has 0 saturated carbocycles. The number of anilines is 1. The number of guanidine groups is 1. The molecule has 170 valence electrons. The van der Waals surface area contributed by atoms with Gasteiger partial charge in [-0.15, -0.1) is 24.0 Å². The number of carbonyl (C=O) groups is 1. The number of benzene rings is 1. The van der Waals surface area contributed by atoms with Gasteiger partial charge in [0.2, 0.25) is 0 Å². The highest BCUT2D eigenvalue weighted by atomic mass is 127. The molecule has 1 saturated heterocycles. The van der Waals surface area contributed by atoms with Gasteiger partial charge in [0.05, 0.1) is 6.26 Å². The molecule has 1 atom stereocenters. The maximum Gasteiger partial charge on any atom is 0.287 e. The first-order chi connectivity index (χ1) is 14.5. The molecule has 1 aromatic carbocycles. The Morgan fingerprint density at radius 1 is 1.23 bits per heavy atom. The van der Waals surface area contributed by atoms with Gasteiger partial charge >= 0.3 is 0 Å². The molecule has 1 fully saturated rings. The second-order valence-corrected chi connectivity index (χ2v) is 7.19. The number of amides is 1. The van der Waals surface area contributed by atoms with Crippen LogP contribution < -0.4 is 20.9 Å². The molecule has 7 nitrogen and oxygen atoms in total. The number of hydrogen-bond acceptors (Lipinski definition) is 4. The first-order valence-corrected chi connectivity index (χ1v) is 9.98. The lowest BCUT2D eigenvalue weighted by molar-refractivity contribution is 0.0925. The van der Waals surface area contributed by atoms with Crippen molar-refractivity contribution >= 4 is 41.5 Å². The molecular formula is C21H28F2IN5O2. The molecule has 1 unspecified atom stereocenters. The van der Waals surface area contributed by atoms with Gasteiger partial charge in [-0.3, -0.25) is 9.79 Å². The third-order valence-corrected chi connectivity index (χ3v) is 5.01. The van der Waals surface area contributed by atoms with Crippen molar-refractivity contribution in [3.05, 3.63) is 53.5 Å². The number of rotatable bonds is 7. The first-order valence-electron chi connectivity index (χ1n) is 9.98. The van der Waals surface area contributed by atoms with Crippen molar-refractivity contribution in [2.45, 2.75) is 25.8 Å². The molecule has 0 radical (unpaired) electrons. The van der Waals surface area contributed by atoms with Crippen molar-refractivity contribution in [1.82, 2.24) is 16.0 Å². The van der Waals surface area contributed by atoms with Crippen molar-refractivity contribution in [2.24, 2.45) is 4.99 Å². The van der Waals surface area contributed by atoms with Crippen molar-refractivity contribution in [3.63, 3.8) is 0 Å². The number of aliphatic imine (C=N–C) groups is 1. The van der Waals surface area contributed by atoms with Crippen molar-refractivity contribution < 1.29 is 18.0 Å². The van der Waals surface area contributed by atoms with E-state index in [1.807, 2.05) is 6.92 Å². The van der Waals surface area contributed by atoms with Gasteiger partial charge in [0.25, 0.3) is 5.91 Å². The Morgan fingerprint density at radius 3 is 2.58 bits per heavy atom. The van der Waals surface area contributed by atoms with Gasteiger partial charge in [-0.1, -0.05) is 6.07 Å². The molecule has 0 spiro atoms. The minimum absolute atomic E-state index is 0. The molecule has 1 aliphatic rings. The highest BCUT2D eigenvalue weighted by Crippen LogP contribution is 2.26. The smallest absolute Gasteiger partial charge is 0.287 e. The lowest BCUT2D eigenvalue weighted by Gasteiger charge is -2.21. The number of para-hydroxylation sites is 1. The van der Waals surface area contributed by atoms with E-state index in [2.05, 4.69) is 20.9 Å². The Hall–Kier alpha value is -2.37. The number of hydrogen-bond donors (Lipinski definition) is 3. The van der Waals surface area contributed by atoms with Crippen molar-refractivity contribution in [2.75, 3.05) is 38.1 Å². The van der Waals surface area contributed by atoms with E-state index in [0.29, 0.717) is 44.3 Å². The zero-order valence-corrected chi connectivity index (χ0v) is 19.9. The Bertz CT molecular complexity index is 885. The summed E-state index contributed by atoms with van der Waals surface area (Å²) in [6.07, 6.45) is 2.93. The van der Waals surface area contributed by atoms with Gasteiger partial charge in [0, 0.05) is 44.8 Å². The molecule has 2 heterocycles. The summed E-state index contributed by atoms with van der Waals surface area (Å²) in [5.41, 5.74) is 0.823. The van der Waals surface area contributed by atoms with Crippen LogP contribution in [0.1, 0.15) is 29.0 Å². The average molecular weight is 547 g/mol. The Morgan fingerprint density at radius 2 is 1.94 bits per heavy atom. The molecule has 1 aromatic heterocycles. The summed E-state index contributed by atoms with van der Waals surface area (Å²) in [5, 5.41) is 9.29. The number of furan rings is 1. The quantitative estimate of drug-likeness (QED) is 0.215. The molecular weight excluding hydrogens is 519 g/mol. The van der Waals surface area contributed by atoms with Crippen molar-refractivity contribution in [3.8, 4) is 0 Å². The molecule has 2 aromatic rings. The fourth-order valence-corrected chi connectivity index (χ4v) is 3.44. The van der Waals surface area contributed by atoms with E-state index in [1.165, 1.54) is 24.5 Å². The topological polar surface area (TPSA) is 81.9 Å². The summed E-state index contributed by atoms with van der Waals surface area (Å²) in [4.78, 5) is 17.9. The van der Waals surface area contributed by atoms with Crippen LogP contribution in [0, 0.1) is 18.6 Å². The van der Waals surface area contributed by atoms with Crippen LogP contribution >= 0.6 is 24.0 Å². The third-order valence-electron chi connectivity index (χ3n) is 5.01. The lowest BCUT2D eigenvalue weighted by Crippen LogP contribution is -2.45. The fourth-order valence-electron chi connectivity index (χ4n) is 3.44. The molecule has 3 N–H and O–H groups in total. The molecule has 0 bridgehead atoms. The van der Waals surface area contributed by atoms with Crippen LogP contribution in [0.2, 0.25) is 0 Å². The number of carbonyl (C=O) groups excluding carboxylic acids is 1. The maximum atomic E-state index is 14.0. The standard InChI is InChI=1S/C21H27F2N5O2.HI/c1-14-8-12-30-19(14)20(29)25-9-4-10-26-21(24-2)27-15-7-11-28(13-15)18-16(22)5-3-6-17(18)23;/h3,5-6,8,12,15H,4,7,9-11,13H2,1-2H3,(H,25,29)(H2,24,26,27);1H. The normalized spacial score (nSPS) is 16.1. The molecule has 3 rings (SSSR count). The largest absolute Gasteiger partial charge is 0.459 e. The SMILES string of the molecule is CN=C(NCCCNC(=O)c1occc1C)NC1CCN(c2c(F)cccc2F)C1.I. The zero-order valence-electron chi connectivity index (χ0n) is 17.6. The summed E-state index contributed by atoms with van der Waals surface area (Å²) in [6.45, 7) is 3.96. The predicted molar refractivity (Wildman–Crippen MR) is 127 cm³/mol. The van der Waals surface area contributed by atoms with Crippen LogP contribution in [0.15, 0.2) is 39.9 Å². The van der Waals surface area contributed by atoms with E-state index < -0.39 is 11.6 Å². The minimum atomic E-state index is -0.551. The zero-order chi connectivity index (χ0) is 21.5. The number of aryl methyl sites for hydroxylation is 1. The summed E-state index contributed by atoms with van der Waals surface area (Å²) in [7, 11) is 1.67. The number of nitrogens with one attached hydrogen (secondary N) is 3. The lowest BCUT2D eigenvalue weighted by atomic mass is 10.2. The number of halogens is 3. The maximum absolute atomic E-state index is 14.0. The van der Waals surface area contributed by atoms with Crippen LogP contribution in [-0.4, -0.2) is 51.1 Å². The monoisotopic (exact) mass is 547 g/mol. The minimum Gasteiger partial charge on any atom is -0.459 e. The van der Waals surface area contributed by atoms with E-state index in [9.17, 15) is 13.6 Å². The van der Waals surface area contributed by atoms with Gasteiger partial charge in [-0.05, 0) is 38.0 Å². The summed E-state index contributed by atoms with van der Waals surface area (Å²) >= 11 is 0. The van der Waals surface area contributed by atoms with E-state index in [4.69, 9.17) is 4.42 Å².